The Morgan fingerprint density at radius 2 is 1.92 bits per heavy atom. The number of hydrogen-bond donors (Lipinski definition) is 1. The zero-order valence-corrected chi connectivity index (χ0v) is 13.6. The maximum atomic E-state index is 13.3. The zero-order valence-electron chi connectivity index (χ0n) is 13.6. The van der Waals surface area contributed by atoms with Gasteiger partial charge in [0.05, 0.1) is 6.54 Å². The number of aromatic carboxylic acids is 1. The Morgan fingerprint density at radius 1 is 1.16 bits per heavy atom. The van der Waals surface area contributed by atoms with Crippen LogP contribution in [0, 0.1) is 0 Å². The summed E-state index contributed by atoms with van der Waals surface area (Å²) in [6, 6.07) is 14.3. The smallest absolute Gasteiger partial charge is 0.339 e. The summed E-state index contributed by atoms with van der Waals surface area (Å²) in [4.78, 5) is 13.1. The molecule has 0 saturated carbocycles. The highest BCUT2D eigenvalue weighted by Gasteiger charge is 2.37. The van der Waals surface area contributed by atoms with Crippen LogP contribution >= 0.6 is 0 Å². The number of benzene rings is 2. The Balaban J connectivity index is 1.71. The molecule has 25 heavy (non-hydrogen) atoms. The second-order valence-corrected chi connectivity index (χ2v) is 6.23. The molecule has 6 heteroatoms. The number of likely N-dealkylation sites (tertiary alicyclic amines) is 1. The van der Waals surface area contributed by atoms with Crippen molar-refractivity contribution in [3.05, 3.63) is 65.2 Å². The fraction of sp³-hybridized carbons (Fsp3) is 0.316. The number of hydrogen-bond acceptors (Lipinski definition) is 3. The maximum absolute atomic E-state index is 13.3. The topological polar surface area (TPSA) is 49.8 Å². The molecule has 1 N–H and O–H groups in total. The first-order chi connectivity index (χ1) is 11.9. The lowest BCUT2D eigenvalue weighted by Crippen LogP contribution is -2.25. The minimum atomic E-state index is -2.66. The van der Waals surface area contributed by atoms with E-state index in [1.807, 2.05) is 30.3 Å². The molecular formula is C19H19F2NO3. The van der Waals surface area contributed by atoms with Crippen LogP contribution in [0.2, 0.25) is 0 Å². The molecule has 0 amide bonds. The number of nitrogens with zero attached hydrogens (tertiary/aromatic N) is 1. The van der Waals surface area contributed by atoms with E-state index in [9.17, 15) is 18.7 Å². The van der Waals surface area contributed by atoms with Gasteiger partial charge in [-0.3, -0.25) is 4.90 Å². The minimum Gasteiger partial charge on any atom is -0.488 e. The number of carboxylic acid groups (broad SMARTS) is 1. The maximum Gasteiger partial charge on any atom is 0.339 e. The SMILES string of the molecule is O=C(O)c1cc(CN2CCC(F)(F)C2)ccc1OCc1ccccc1. The van der Waals surface area contributed by atoms with Crippen molar-refractivity contribution in [3.8, 4) is 5.75 Å². The van der Waals surface area contributed by atoms with E-state index in [-0.39, 0.29) is 30.9 Å². The highest BCUT2D eigenvalue weighted by atomic mass is 19.3. The third-order valence-corrected chi connectivity index (χ3v) is 4.17. The van der Waals surface area contributed by atoms with Crippen molar-refractivity contribution in [2.24, 2.45) is 0 Å². The van der Waals surface area contributed by atoms with Gasteiger partial charge in [0, 0.05) is 19.5 Å². The molecule has 1 aliphatic rings. The molecule has 0 aromatic heterocycles. The van der Waals surface area contributed by atoms with Gasteiger partial charge in [0.25, 0.3) is 5.92 Å². The molecule has 3 rings (SSSR count). The first-order valence-corrected chi connectivity index (χ1v) is 8.06. The average molecular weight is 347 g/mol. The summed E-state index contributed by atoms with van der Waals surface area (Å²) < 4.78 is 32.2. The van der Waals surface area contributed by atoms with Gasteiger partial charge in [-0.2, -0.15) is 0 Å². The zero-order chi connectivity index (χ0) is 17.9. The van der Waals surface area contributed by atoms with E-state index in [0.29, 0.717) is 18.7 Å². The van der Waals surface area contributed by atoms with E-state index in [4.69, 9.17) is 4.74 Å². The number of alkyl halides is 2. The van der Waals surface area contributed by atoms with Gasteiger partial charge in [0.1, 0.15) is 17.9 Å². The number of rotatable bonds is 6. The molecule has 2 aromatic carbocycles. The van der Waals surface area contributed by atoms with E-state index in [1.165, 1.54) is 6.07 Å². The molecule has 0 bridgehead atoms. The Bertz CT molecular complexity index is 750. The van der Waals surface area contributed by atoms with E-state index >= 15 is 0 Å². The summed E-state index contributed by atoms with van der Waals surface area (Å²) in [5, 5.41) is 9.42. The van der Waals surface area contributed by atoms with E-state index < -0.39 is 11.9 Å². The third kappa shape index (κ3) is 4.54. The molecule has 2 aromatic rings. The van der Waals surface area contributed by atoms with Gasteiger partial charge < -0.3 is 9.84 Å². The lowest BCUT2D eigenvalue weighted by Gasteiger charge is -2.17. The van der Waals surface area contributed by atoms with Crippen LogP contribution in [0.15, 0.2) is 48.5 Å². The highest BCUT2D eigenvalue weighted by Crippen LogP contribution is 2.29. The van der Waals surface area contributed by atoms with Crippen molar-refractivity contribution in [3.63, 3.8) is 0 Å². The number of carboxylic acids is 1. The quantitative estimate of drug-likeness (QED) is 0.863. The molecule has 0 aliphatic carbocycles. The predicted octanol–water partition coefficient (Wildman–Crippen LogP) is 3.80. The largest absolute Gasteiger partial charge is 0.488 e. The van der Waals surface area contributed by atoms with Crippen LogP contribution in [0.1, 0.15) is 27.9 Å². The molecule has 4 nitrogen and oxygen atoms in total. The normalized spacial score (nSPS) is 16.7. The summed E-state index contributed by atoms with van der Waals surface area (Å²) in [6.45, 7) is 0.580. The Kier molecular flexibility index (Phi) is 4.99. The summed E-state index contributed by atoms with van der Waals surface area (Å²) in [7, 11) is 0. The van der Waals surface area contributed by atoms with Crippen molar-refractivity contribution in [1.29, 1.82) is 0 Å². The van der Waals surface area contributed by atoms with Crippen LogP contribution in [-0.4, -0.2) is 35.0 Å². The molecule has 1 saturated heterocycles. The van der Waals surface area contributed by atoms with E-state index in [2.05, 4.69) is 0 Å². The summed E-state index contributed by atoms with van der Waals surface area (Å²) in [6.07, 6.45) is -0.156. The van der Waals surface area contributed by atoms with Crippen molar-refractivity contribution >= 4 is 5.97 Å². The number of halogens is 2. The van der Waals surface area contributed by atoms with Gasteiger partial charge in [0.15, 0.2) is 0 Å². The van der Waals surface area contributed by atoms with Crippen LogP contribution in [0.5, 0.6) is 5.75 Å². The fourth-order valence-corrected chi connectivity index (χ4v) is 2.90. The van der Waals surface area contributed by atoms with Crippen molar-refractivity contribution in [2.75, 3.05) is 13.1 Å². The number of carbonyl (C=O) groups is 1. The highest BCUT2D eigenvalue weighted by molar-refractivity contribution is 5.91. The molecule has 0 spiro atoms. The van der Waals surface area contributed by atoms with E-state index in [1.54, 1.807) is 17.0 Å². The van der Waals surface area contributed by atoms with Crippen LogP contribution in [0.3, 0.4) is 0 Å². The van der Waals surface area contributed by atoms with Gasteiger partial charge in [0.2, 0.25) is 0 Å². The van der Waals surface area contributed by atoms with Crippen LogP contribution in [0.4, 0.5) is 8.78 Å². The van der Waals surface area contributed by atoms with Gasteiger partial charge in [-0.15, -0.1) is 0 Å². The van der Waals surface area contributed by atoms with E-state index in [0.717, 1.165) is 5.56 Å². The standard InChI is InChI=1S/C19H19F2NO3/c20-19(21)8-9-22(13-19)11-15-6-7-17(16(10-15)18(23)24)25-12-14-4-2-1-3-5-14/h1-7,10H,8-9,11-13H2,(H,23,24). The lowest BCUT2D eigenvalue weighted by molar-refractivity contribution is 0.0115. The van der Waals surface area contributed by atoms with Crippen LogP contribution in [0.25, 0.3) is 0 Å². The molecule has 0 unspecified atom stereocenters. The first-order valence-electron chi connectivity index (χ1n) is 8.06. The Hall–Kier alpha value is -2.47. The third-order valence-electron chi connectivity index (χ3n) is 4.17. The van der Waals surface area contributed by atoms with Crippen LogP contribution < -0.4 is 4.74 Å². The molecule has 1 heterocycles. The second-order valence-electron chi connectivity index (χ2n) is 6.23. The van der Waals surface area contributed by atoms with Gasteiger partial charge >= 0.3 is 5.97 Å². The van der Waals surface area contributed by atoms with Crippen molar-refractivity contribution < 1.29 is 23.4 Å². The van der Waals surface area contributed by atoms with Gasteiger partial charge in [-0.05, 0) is 23.3 Å². The van der Waals surface area contributed by atoms with Gasteiger partial charge in [-0.1, -0.05) is 36.4 Å². The van der Waals surface area contributed by atoms with Crippen LogP contribution in [-0.2, 0) is 13.2 Å². The first kappa shape index (κ1) is 17.4. The summed E-state index contributed by atoms with van der Waals surface area (Å²) in [5.74, 6) is -3.49. The average Bonchev–Trinajstić information content (AvgIpc) is 2.93. The molecule has 132 valence electrons. The predicted molar refractivity (Wildman–Crippen MR) is 89.0 cm³/mol. The fourth-order valence-electron chi connectivity index (χ4n) is 2.90. The molecule has 1 aliphatic heterocycles. The minimum absolute atomic E-state index is 0.0411. The van der Waals surface area contributed by atoms with Crippen molar-refractivity contribution in [2.45, 2.75) is 25.5 Å². The summed E-state index contributed by atoms with van der Waals surface area (Å²) in [5.41, 5.74) is 1.66. The lowest BCUT2D eigenvalue weighted by atomic mass is 10.1. The van der Waals surface area contributed by atoms with Gasteiger partial charge in [-0.25, -0.2) is 13.6 Å². The molecule has 0 atom stereocenters. The molecule has 1 fully saturated rings. The second kappa shape index (κ2) is 7.19. The number of ether oxygens (including phenoxy) is 1. The molecular weight excluding hydrogens is 328 g/mol. The monoisotopic (exact) mass is 347 g/mol. The Labute approximate surface area is 144 Å². The molecule has 0 radical (unpaired) electrons. The summed E-state index contributed by atoms with van der Waals surface area (Å²) >= 11 is 0. The van der Waals surface area contributed by atoms with Crippen molar-refractivity contribution in [1.82, 2.24) is 4.90 Å². The Morgan fingerprint density at radius 3 is 2.56 bits per heavy atom.